The van der Waals surface area contributed by atoms with Crippen molar-refractivity contribution in [2.75, 3.05) is 11.9 Å². The molecule has 5 nitrogen and oxygen atoms in total. The van der Waals surface area contributed by atoms with Crippen LogP contribution in [-0.4, -0.2) is 16.3 Å². The van der Waals surface area contributed by atoms with Crippen LogP contribution in [-0.2, 0) is 6.54 Å². The van der Waals surface area contributed by atoms with E-state index in [0.29, 0.717) is 12.1 Å². The van der Waals surface area contributed by atoms with Crippen LogP contribution in [0, 0.1) is 11.3 Å². The topological polar surface area (TPSA) is 70.7 Å². The van der Waals surface area contributed by atoms with Crippen molar-refractivity contribution >= 4 is 5.69 Å². The number of nitrogens with one attached hydrogen (secondary N) is 1. The fourth-order valence-electron chi connectivity index (χ4n) is 1.85. The second kappa shape index (κ2) is 6.53. The summed E-state index contributed by atoms with van der Waals surface area (Å²) in [5.74, 6) is 0. The highest BCUT2D eigenvalue weighted by Crippen LogP contribution is 2.08. The third-order valence-electron chi connectivity index (χ3n) is 2.91. The molecule has 0 amide bonds. The van der Waals surface area contributed by atoms with E-state index in [4.69, 9.17) is 5.26 Å². The first kappa shape index (κ1) is 13.8. The summed E-state index contributed by atoms with van der Waals surface area (Å²) in [4.78, 5) is 12.0. The number of nitriles is 1. The van der Waals surface area contributed by atoms with Crippen molar-refractivity contribution in [1.29, 1.82) is 5.26 Å². The van der Waals surface area contributed by atoms with E-state index in [-0.39, 0.29) is 5.56 Å². The summed E-state index contributed by atoms with van der Waals surface area (Å²) in [6, 6.07) is 10.9. The quantitative estimate of drug-likeness (QED) is 0.900. The van der Waals surface area contributed by atoms with Crippen LogP contribution in [0.5, 0.6) is 0 Å². The Labute approximate surface area is 117 Å². The first-order chi connectivity index (χ1) is 9.74. The zero-order chi connectivity index (χ0) is 14.4. The molecule has 0 aliphatic rings. The van der Waals surface area contributed by atoms with Gasteiger partial charge in [-0.05, 0) is 18.1 Å². The van der Waals surface area contributed by atoms with Gasteiger partial charge in [-0.2, -0.15) is 10.4 Å². The number of rotatable bonds is 5. The highest BCUT2D eigenvalue weighted by atomic mass is 16.1. The molecule has 5 heteroatoms. The number of aromatic nitrogens is 2. The van der Waals surface area contributed by atoms with E-state index < -0.39 is 0 Å². The summed E-state index contributed by atoms with van der Waals surface area (Å²) in [6.45, 7) is 3.17. The molecular weight excluding hydrogens is 252 g/mol. The van der Waals surface area contributed by atoms with Gasteiger partial charge >= 0.3 is 0 Å². The highest BCUT2D eigenvalue weighted by molar-refractivity contribution is 5.39. The molecule has 0 bridgehead atoms. The molecule has 0 spiro atoms. The fourth-order valence-corrected chi connectivity index (χ4v) is 1.85. The highest BCUT2D eigenvalue weighted by Gasteiger charge is 2.05. The fraction of sp³-hybridized carbons (Fsp3) is 0.267. The van der Waals surface area contributed by atoms with E-state index in [1.54, 1.807) is 18.3 Å². The van der Waals surface area contributed by atoms with E-state index in [1.807, 2.05) is 12.1 Å². The van der Waals surface area contributed by atoms with Gasteiger partial charge in [-0.1, -0.05) is 25.1 Å². The van der Waals surface area contributed by atoms with Crippen LogP contribution in [0.15, 0.2) is 41.3 Å². The Kier molecular flexibility index (Phi) is 4.51. The van der Waals surface area contributed by atoms with Crippen molar-refractivity contribution in [3.8, 4) is 6.07 Å². The molecule has 0 fully saturated rings. The molecule has 0 unspecified atom stereocenters. The van der Waals surface area contributed by atoms with Gasteiger partial charge in [-0.25, -0.2) is 4.68 Å². The van der Waals surface area contributed by atoms with Crippen LogP contribution in [0.25, 0.3) is 0 Å². The van der Waals surface area contributed by atoms with Gasteiger partial charge in [0.1, 0.15) is 0 Å². The van der Waals surface area contributed by atoms with Crippen LogP contribution in [0.1, 0.15) is 24.5 Å². The lowest BCUT2D eigenvalue weighted by Crippen LogP contribution is -2.23. The Morgan fingerprint density at radius 3 is 2.90 bits per heavy atom. The molecule has 0 saturated carbocycles. The molecule has 1 aromatic heterocycles. The van der Waals surface area contributed by atoms with E-state index in [9.17, 15) is 4.79 Å². The van der Waals surface area contributed by atoms with Gasteiger partial charge in [0.2, 0.25) is 0 Å². The number of hydrogen-bond donors (Lipinski definition) is 1. The molecule has 0 radical (unpaired) electrons. The lowest BCUT2D eigenvalue weighted by molar-refractivity contribution is 0.638. The van der Waals surface area contributed by atoms with Gasteiger partial charge < -0.3 is 5.32 Å². The van der Waals surface area contributed by atoms with Gasteiger partial charge in [0.25, 0.3) is 5.56 Å². The smallest absolute Gasteiger partial charge is 0.269 e. The van der Waals surface area contributed by atoms with Crippen LogP contribution < -0.4 is 10.9 Å². The Morgan fingerprint density at radius 1 is 1.40 bits per heavy atom. The Morgan fingerprint density at radius 2 is 2.20 bits per heavy atom. The maximum Gasteiger partial charge on any atom is 0.269 e. The molecule has 0 aliphatic carbocycles. The summed E-state index contributed by atoms with van der Waals surface area (Å²) < 4.78 is 1.35. The Bertz CT molecular complexity index is 685. The van der Waals surface area contributed by atoms with Gasteiger partial charge in [-0.15, -0.1) is 0 Å². The minimum atomic E-state index is -0.182. The second-order valence-corrected chi connectivity index (χ2v) is 4.44. The van der Waals surface area contributed by atoms with Crippen molar-refractivity contribution < 1.29 is 0 Å². The molecule has 1 N–H and O–H groups in total. The molecule has 0 aliphatic heterocycles. The molecule has 2 aromatic rings. The second-order valence-electron chi connectivity index (χ2n) is 4.44. The van der Waals surface area contributed by atoms with Crippen LogP contribution >= 0.6 is 0 Å². The zero-order valence-corrected chi connectivity index (χ0v) is 11.3. The van der Waals surface area contributed by atoms with Crippen LogP contribution in [0.4, 0.5) is 5.69 Å². The molecule has 102 valence electrons. The van der Waals surface area contributed by atoms with Crippen LogP contribution in [0.3, 0.4) is 0 Å². The zero-order valence-electron chi connectivity index (χ0n) is 11.3. The van der Waals surface area contributed by atoms with E-state index in [0.717, 1.165) is 24.2 Å². The third kappa shape index (κ3) is 3.23. The van der Waals surface area contributed by atoms with Crippen molar-refractivity contribution in [2.45, 2.75) is 19.9 Å². The molecule has 20 heavy (non-hydrogen) atoms. The maximum absolute atomic E-state index is 12.0. The summed E-state index contributed by atoms with van der Waals surface area (Å²) >= 11 is 0. The van der Waals surface area contributed by atoms with E-state index >= 15 is 0 Å². The van der Waals surface area contributed by atoms with Gasteiger partial charge in [-0.3, -0.25) is 4.79 Å². The number of benzene rings is 1. The lowest BCUT2D eigenvalue weighted by Gasteiger charge is -2.08. The van der Waals surface area contributed by atoms with Crippen molar-refractivity contribution in [3.63, 3.8) is 0 Å². The number of hydrogen-bond acceptors (Lipinski definition) is 4. The summed E-state index contributed by atoms with van der Waals surface area (Å²) in [6.07, 6.45) is 2.62. The van der Waals surface area contributed by atoms with Gasteiger partial charge in [0.05, 0.1) is 30.1 Å². The third-order valence-corrected chi connectivity index (χ3v) is 2.91. The monoisotopic (exact) mass is 268 g/mol. The SMILES string of the molecule is CCCNc1cnn(Cc2ccccc2C#N)c(=O)c1. The standard InChI is InChI=1S/C15H16N4O/c1-2-7-17-14-8-15(20)19(18-10-14)11-13-6-4-3-5-12(13)9-16/h3-6,8,10,17H,2,7,11H2,1H3. The average Bonchev–Trinajstić information content (AvgIpc) is 2.48. The minimum absolute atomic E-state index is 0.182. The normalized spacial score (nSPS) is 10.0. The number of anilines is 1. The van der Waals surface area contributed by atoms with E-state index in [1.165, 1.54) is 10.7 Å². The lowest BCUT2D eigenvalue weighted by atomic mass is 10.1. The van der Waals surface area contributed by atoms with Crippen molar-refractivity contribution in [2.24, 2.45) is 0 Å². The summed E-state index contributed by atoms with van der Waals surface area (Å²) in [7, 11) is 0. The molecule has 0 saturated heterocycles. The molecular formula is C15H16N4O. The predicted molar refractivity (Wildman–Crippen MR) is 77.5 cm³/mol. The van der Waals surface area contributed by atoms with Crippen molar-refractivity contribution in [3.05, 3.63) is 58.0 Å². The molecule has 0 atom stereocenters. The van der Waals surface area contributed by atoms with Gasteiger partial charge in [0, 0.05) is 12.6 Å². The first-order valence-electron chi connectivity index (χ1n) is 6.53. The summed E-state index contributed by atoms with van der Waals surface area (Å²) in [5, 5.41) is 16.3. The predicted octanol–water partition coefficient (Wildman–Crippen LogP) is 1.99. The van der Waals surface area contributed by atoms with E-state index in [2.05, 4.69) is 23.4 Å². The number of nitrogens with zero attached hydrogens (tertiary/aromatic N) is 3. The largest absolute Gasteiger partial charge is 0.384 e. The Hall–Kier alpha value is -2.61. The molecule has 1 heterocycles. The first-order valence-corrected chi connectivity index (χ1v) is 6.53. The Balaban J connectivity index is 2.22. The molecule has 1 aromatic carbocycles. The molecule has 2 rings (SSSR count). The van der Waals surface area contributed by atoms with Crippen LogP contribution in [0.2, 0.25) is 0 Å². The van der Waals surface area contributed by atoms with Gasteiger partial charge in [0.15, 0.2) is 0 Å². The minimum Gasteiger partial charge on any atom is -0.384 e. The summed E-state index contributed by atoms with van der Waals surface area (Å²) in [5.41, 5.74) is 1.90. The maximum atomic E-state index is 12.0. The van der Waals surface area contributed by atoms with Crippen molar-refractivity contribution in [1.82, 2.24) is 9.78 Å². The average molecular weight is 268 g/mol.